The summed E-state index contributed by atoms with van der Waals surface area (Å²) in [5.41, 5.74) is 10.7. The molecule has 4 aromatic carbocycles. The lowest BCUT2D eigenvalue weighted by Gasteiger charge is -2.36. The van der Waals surface area contributed by atoms with Crippen molar-refractivity contribution in [1.29, 1.82) is 0 Å². The van der Waals surface area contributed by atoms with Gasteiger partial charge in [-0.3, -0.25) is 14.6 Å². The molecule has 10 rings (SSSR count). The smallest absolute Gasteiger partial charge is 0.216 e. The van der Waals surface area contributed by atoms with Crippen LogP contribution in [0.1, 0.15) is 53.3 Å². The summed E-state index contributed by atoms with van der Waals surface area (Å²) in [6.45, 7) is 0. The second-order valence-electron chi connectivity index (χ2n) is 12.7. The first-order valence-electron chi connectivity index (χ1n) is 16.3. The number of ketones is 2. The Morgan fingerprint density at radius 1 is 0.694 bits per heavy atom. The number of nitrogens with zero attached hydrogens (tertiary/aromatic N) is 2. The molecular weight excluding hydrogens is 623 g/mol. The van der Waals surface area contributed by atoms with E-state index in [1.165, 1.54) is 38.3 Å². The Morgan fingerprint density at radius 3 is 1.96 bits per heavy atom. The van der Waals surface area contributed by atoms with Gasteiger partial charge >= 0.3 is 0 Å². The zero-order valence-corrected chi connectivity index (χ0v) is 26.9. The summed E-state index contributed by atoms with van der Waals surface area (Å²) in [4.78, 5) is 35.3. The first-order chi connectivity index (χ1) is 24.1. The molecule has 0 bridgehead atoms. The Labute approximate surface area is 287 Å². The van der Waals surface area contributed by atoms with E-state index in [0.717, 1.165) is 21.9 Å². The van der Waals surface area contributed by atoms with Gasteiger partial charge in [0.1, 0.15) is 5.69 Å². The van der Waals surface area contributed by atoms with Crippen molar-refractivity contribution >= 4 is 40.4 Å². The summed E-state index contributed by atoms with van der Waals surface area (Å²) in [7, 11) is 0. The average Bonchev–Trinajstić information content (AvgIpc) is 3.85. The average molecular weight is 650 g/mol. The third-order valence-corrected chi connectivity index (χ3v) is 11.3. The number of carbonyl (C=O) groups is 2. The lowest BCUT2D eigenvalue weighted by molar-refractivity contribution is 0.0989. The molecule has 4 aliphatic rings. The van der Waals surface area contributed by atoms with E-state index in [1.807, 2.05) is 12.1 Å². The van der Waals surface area contributed by atoms with Gasteiger partial charge in [0.25, 0.3) is 0 Å². The van der Waals surface area contributed by atoms with E-state index in [0.29, 0.717) is 5.56 Å². The van der Waals surface area contributed by atoms with Gasteiger partial charge in [-0.2, -0.15) is 0 Å². The Bertz CT molecular complexity index is 2350. The number of allylic oxidation sites excluding steroid dienone is 2. The predicted molar refractivity (Wildman–Crippen MR) is 194 cm³/mol. The molecule has 1 unspecified atom stereocenters. The lowest BCUT2D eigenvalue weighted by Crippen LogP contribution is -2.32. The maximum Gasteiger partial charge on any atom is 0.216 e. The molecule has 6 aromatic rings. The molecule has 0 amide bonds. The standard InChI is InChI=1S/C43H27N3O2S/c47-40-32-18-11-21-44-38(32)41(48)33(40)23-29-24-37-42(49-29)39-36(43(37)34-19-9-7-16-30(34)31-17-8-10-20-35(31)43)22-28(25-45-39)46(26-12-3-1-4-13-26)27-14-5-2-6-15-27/h1-25,39,45H/b33-23+. The molecule has 1 spiro atoms. The van der Waals surface area contributed by atoms with Gasteiger partial charge in [0.15, 0.2) is 5.78 Å². The summed E-state index contributed by atoms with van der Waals surface area (Å²) in [5.74, 6) is -0.579. The van der Waals surface area contributed by atoms with Gasteiger partial charge in [0.05, 0.1) is 28.3 Å². The molecule has 1 aliphatic heterocycles. The summed E-state index contributed by atoms with van der Waals surface area (Å²) in [6.07, 6.45) is 7.83. The molecule has 0 saturated carbocycles. The van der Waals surface area contributed by atoms with Gasteiger partial charge in [-0.25, -0.2) is 0 Å². The molecular formula is C43H27N3O2S. The Hall–Kier alpha value is -6.11. The van der Waals surface area contributed by atoms with Gasteiger partial charge in [-0.1, -0.05) is 84.9 Å². The topological polar surface area (TPSA) is 62.3 Å². The summed E-state index contributed by atoms with van der Waals surface area (Å²) in [6, 6.07) is 43.8. The Morgan fingerprint density at radius 2 is 1.31 bits per heavy atom. The number of hydrogen-bond acceptors (Lipinski definition) is 6. The molecule has 3 aliphatic carbocycles. The molecule has 2 aromatic heterocycles. The van der Waals surface area contributed by atoms with Crippen molar-refractivity contribution < 1.29 is 9.59 Å². The number of fused-ring (bicyclic) bond motifs is 11. The lowest BCUT2D eigenvalue weighted by atomic mass is 9.70. The first-order valence-corrected chi connectivity index (χ1v) is 17.1. The summed E-state index contributed by atoms with van der Waals surface area (Å²) in [5, 5.41) is 3.83. The number of para-hydroxylation sites is 2. The number of benzene rings is 4. The minimum Gasteiger partial charge on any atom is -0.378 e. The number of aromatic nitrogens is 1. The molecule has 3 heterocycles. The van der Waals surface area contributed by atoms with Crippen LogP contribution in [0, 0.1) is 0 Å². The second-order valence-corrected chi connectivity index (χ2v) is 13.8. The van der Waals surface area contributed by atoms with Crippen molar-refractivity contribution in [2.24, 2.45) is 0 Å². The van der Waals surface area contributed by atoms with Crippen LogP contribution in [0.4, 0.5) is 11.4 Å². The van der Waals surface area contributed by atoms with Crippen molar-refractivity contribution in [3.05, 3.63) is 200 Å². The largest absolute Gasteiger partial charge is 0.378 e. The highest BCUT2D eigenvalue weighted by molar-refractivity contribution is 7.13. The normalized spacial score (nSPS) is 18.3. The first kappa shape index (κ1) is 28.0. The van der Waals surface area contributed by atoms with Crippen LogP contribution in [0.15, 0.2) is 163 Å². The highest BCUT2D eigenvalue weighted by Crippen LogP contribution is 2.65. The zero-order valence-electron chi connectivity index (χ0n) is 26.1. The van der Waals surface area contributed by atoms with Gasteiger partial charge in [-0.15, -0.1) is 11.3 Å². The van der Waals surface area contributed by atoms with Gasteiger partial charge in [0.2, 0.25) is 5.78 Å². The van der Waals surface area contributed by atoms with E-state index in [1.54, 1.807) is 35.7 Å². The summed E-state index contributed by atoms with van der Waals surface area (Å²) >= 11 is 1.64. The van der Waals surface area contributed by atoms with Crippen LogP contribution in [0.2, 0.25) is 0 Å². The molecule has 0 fully saturated rings. The third-order valence-electron chi connectivity index (χ3n) is 10.2. The minimum absolute atomic E-state index is 0.0997. The third kappa shape index (κ3) is 3.83. The van der Waals surface area contributed by atoms with E-state index in [-0.39, 0.29) is 28.9 Å². The maximum absolute atomic E-state index is 13.4. The van der Waals surface area contributed by atoms with Crippen LogP contribution in [-0.2, 0) is 5.41 Å². The van der Waals surface area contributed by atoms with Crippen LogP contribution < -0.4 is 10.2 Å². The molecule has 0 radical (unpaired) electrons. The molecule has 1 N–H and O–H groups in total. The van der Waals surface area contributed by atoms with Crippen molar-refractivity contribution in [3.8, 4) is 11.1 Å². The van der Waals surface area contributed by atoms with Crippen LogP contribution in [0.25, 0.3) is 17.2 Å². The molecule has 232 valence electrons. The molecule has 5 nitrogen and oxygen atoms in total. The fourth-order valence-corrected chi connectivity index (χ4v) is 9.47. The van der Waals surface area contributed by atoms with E-state index in [9.17, 15) is 9.59 Å². The van der Waals surface area contributed by atoms with Crippen LogP contribution in [0.5, 0.6) is 0 Å². The Kier molecular flexibility index (Phi) is 5.96. The van der Waals surface area contributed by atoms with Crippen molar-refractivity contribution in [2.45, 2.75) is 11.5 Å². The molecule has 49 heavy (non-hydrogen) atoms. The van der Waals surface area contributed by atoms with Crippen molar-refractivity contribution in [2.75, 3.05) is 4.90 Å². The SMILES string of the molecule is O=C1/C(=C\c2cc3c(s2)C2NC=C(N(c4ccccc4)c4ccccc4)C=C2C32c3ccccc3-c3ccccc32)C(=O)c2ncccc21. The number of dihydropyridines is 1. The number of carbonyl (C=O) groups excluding carboxylic acids is 2. The van der Waals surface area contributed by atoms with E-state index in [2.05, 4.69) is 131 Å². The fourth-order valence-electron chi connectivity index (χ4n) is 8.23. The number of hydrogen-bond donors (Lipinski definition) is 1. The maximum atomic E-state index is 13.4. The number of rotatable bonds is 4. The van der Waals surface area contributed by atoms with Crippen LogP contribution in [-0.4, -0.2) is 16.6 Å². The van der Waals surface area contributed by atoms with Crippen molar-refractivity contribution in [1.82, 2.24) is 10.3 Å². The zero-order chi connectivity index (χ0) is 32.7. The number of thiophene rings is 1. The predicted octanol–water partition coefficient (Wildman–Crippen LogP) is 9.18. The van der Waals surface area contributed by atoms with Gasteiger partial charge < -0.3 is 10.2 Å². The van der Waals surface area contributed by atoms with Gasteiger partial charge in [0, 0.05) is 33.5 Å². The summed E-state index contributed by atoms with van der Waals surface area (Å²) < 4.78 is 0. The molecule has 0 saturated heterocycles. The second kappa shape index (κ2) is 10.4. The Balaban J connectivity index is 1.19. The van der Waals surface area contributed by atoms with Gasteiger partial charge in [-0.05, 0) is 88.0 Å². The minimum atomic E-state index is -0.569. The quantitative estimate of drug-likeness (QED) is 0.152. The van der Waals surface area contributed by atoms with Crippen LogP contribution in [0.3, 0.4) is 0 Å². The molecule has 6 heteroatoms. The highest BCUT2D eigenvalue weighted by atomic mass is 32.1. The number of anilines is 2. The monoisotopic (exact) mass is 649 g/mol. The number of pyridine rings is 1. The highest BCUT2D eigenvalue weighted by Gasteiger charge is 2.56. The molecule has 1 atom stereocenters. The number of nitrogens with one attached hydrogen (secondary N) is 1. The fraction of sp³-hybridized carbons (Fsp3) is 0.0465. The van der Waals surface area contributed by atoms with E-state index >= 15 is 0 Å². The van der Waals surface area contributed by atoms with Crippen molar-refractivity contribution in [3.63, 3.8) is 0 Å². The number of Topliss-reactive ketones (excluding diaryl/α,β-unsaturated/α-hetero) is 2. The van der Waals surface area contributed by atoms with E-state index in [4.69, 9.17) is 0 Å². The van der Waals surface area contributed by atoms with E-state index < -0.39 is 5.41 Å². The van der Waals surface area contributed by atoms with Crippen LogP contribution >= 0.6 is 11.3 Å².